The molecule has 4 N–H and O–H groups in total. The Kier molecular flexibility index (Phi) is 5.61. The first kappa shape index (κ1) is 18.5. The molecule has 0 spiro atoms. The van der Waals surface area contributed by atoms with Gasteiger partial charge in [0.05, 0.1) is 12.1 Å². The van der Waals surface area contributed by atoms with Crippen molar-refractivity contribution < 1.29 is 14.7 Å². The van der Waals surface area contributed by atoms with Gasteiger partial charge in [-0.1, -0.05) is 37.5 Å². The Bertz CT molecular complexity index is 742. The van der Waals surface area contributed by atoms with E-state index in [4.69, 9.17) is 0 Å². The van der Waals surface area contributed by atoms with E-state index in [0.717, 1.165) is 36.6 Å². The molecule has 1 aliphatic rings. The van der Waals surface area contributed by atoms with Crippen LogP contribution in [0.1, 0.15) is 49.5 Å². The van der Waals surface area contributed by atoms with Crippen molar-refractivity contribution in [3.05, 3.63) is 36.0 Å². The average molecular weight is 357 g/mol. The molecule has 0 bridgehead atoms. The van der Waals surface area contributed by atoms with Crippen LogP contribution in [0, 0.1) is 5.92 Å². The van der Waals surface area contributed by atoms with Gasteiger partial charge in [0.15, 0.2) is 0 Å². The number of rotatable bonds is 6. The maximum atomic E-state index is 12.2. The number of amides is 2. The summed E-state index contributed by atoms with van der Waals surface area (Å²) in [6, 6.07) is 9.38. The molecule has 1 fully saturated rings. The second kappa shape index (κ2) is 7.91. The number of para-hydroxylation sites is 1. The highest BCUT2D eigenvalue weighted by atomic mass is 16.3. The molecule has 1 atom stereocenters. The quantitative estimate of drug-likeness (QED) is 0.639. The third kappa shape index (κ3) is 4.43. The Morgan fingerprint density at radius 3 is 2.65 bits per heavy atom. The minimum atomic E-state index is -0.905. The molecule has 1 aromatic carbocycles. The van der Waals surface area contributed by atoms with E-state index in [0.29, 0.717) is 5.69 Å². The maximum Gasteiger partial charge on any atom is 0.268 e. The van der Waals surface area contributed by atoms with Crippen LogP contribution in [-0.2, 0) is 4.79 Å². The summed E-state index contributed by atoms with van der Waals surface area (Å²) < 4.78 is 0. The molecular formula is C20H27N3O3. The van der Waals surface area contributed by atoms with Crippen LogP contribution in [-0.4, -0.2) is 40.6 Å². The van der Waals surface area contributed by atoms with Gasteiger partial charge in [0.25, 0.3) is 5.91 Å². The lowest BCUT2D eigenvalue weighted by Crippen LogP contribution is -2.48. The van der Waals surface area contributed by atoms with Crippen LogP contribution < -0.4 is 10.6 Å². The van der Waals surface area contributed by atoms with Crippen molar-refractivity contribution in [3.63, 3.8) is 0 Å². The van der Waals surface area contributed by atoms with Gasteiger partial charge >= 0.3 is 0 Å². The van der Waals surface area contributed by atoms with E-state index in [-0.39, 0.29) is 30.8 Å². The molecule has 3 rings (SSSR count). The second-order valence-corrected chi connectivity index (χ2v) is 7.42. The number of benzene rings is 1. The first-order valence-electron chi connectivity index (χ1n) is 9.31. The Balaban J connectivity index is 1.46. The average Bonchev–Trinajstić information content (AvgIpc) is 3.09. The lowest BCUT2D eigenvalue weighted by Gasteiger charge is -2.35. The van der Waals surface area contributed by atoms with Crippen LogP contribution in [0.25, 0.3) is 10.9 Å². The summed E-state index contributed by atoms with van der Waals surface area (Å²) in [4.78, 5) is 27.3. The van der Waals surface area contributed by atoms with Gasteiger partial charge in [-0.05, 0) is 37.8 Å². The summed E-state index contributed by atoms with van der Waals surface area (Å²) in [5.74, 6) is -0.404. The van der Waals surface area contributed by atoms with Gasteiger partial charge in [0.2, 0.25) is 5.91 Å². The van der Waals surface area contributed by atoms with E-state index in [1.807, 2.05) is 24.3 Å². The third-order valence-corrected chi connectivity index (χ3v) is 5.31. The van der Waals surface area contributed by atoms with Crippen LogP contribution in [0.3, 0.4) is 0 Å². The number of hydrogen-bond acceptors (Lipinski definition) is 3. The number of carbonyl (C=O) groups excluding carboxylic acids is 2. The van der Waals surface area contributed by atoms with Crippen molar-refractivity contribution in [1.82, 2.24) is 15.6 Å². The molecule has 0 aliphatic heterocycles. The van der Waals surface area contributed by atoms with E-state index in [2.05, 4.69) is 15.6 Å². The lowest BCUT2D eigenvalue weighted by molar-refractivity contribution is -0.122. The van der Waals surface area contributed by atoms with Crippen molar-refractivity contribution in [2.24, 2.45) is 5.92 Å². The molecule has 0 saturated heterocycles. The van der Waals surface area contributed by atoms with Gasteiger partial charge in [-0.2, -0.15) is 0 Å². The molecule has 26 heavy (non-hydrogen) atoms. The van der Waals surface area contributed by atoms with Crippen LogP contribution >= 0.6 is 0 Å². The fourth-order valence-corrected chi connectivity index (χ4v) is 3.66. The first-order valence-corrected chi connectivity index (χ1v) is 9.31. The molecule has 6 nitrogen and oxygen atoms in total. The third-order valence-electron chi connectivity index (χ3n) is 5.31. The fourth-order valence-electron chi connectivity index (χ4n) is 3.66. The number of aromatic amines is 1. The van der Waals surface area contributed by atoms with E-state index in [1.54, 1.807) is 13.0 Å². The fraction of sp³-hybridized carbons (Fsp3) is 0.500. The topological polar surface area (TPSA) is 94.2 Å². The van der Waals surface area contributed by atoms with Crippen LogP contribution in [0.2, 0.25) is 0 Å². The highest BCUT2D eigenvalue weighted by Crippen LogP contribution is 2.32. The summed E-state index contributed by atoms with van der Waals surface area (Å²) in [5.41, 5.74) is 0.399. The van der Waals surface area contributed by atoms with Crippen molar-refractivity contribution in [2.75, 3.05) is 13.1 Å². The number of H-pyrrole nitrogens is 1. The normalized spacial score (nSPS) is 17.6. The number of carbonyl (C=O) groups is 2. The van der Waals surface area contributed by atoms with Crippen LogP contribution in [0.5, 0.6) is 0 Å². The van der Waals surface area contributed by atoms with Crippen molar-refractivity contribution in [3.8, 4) is 0 Å². The highest BCUT2D eigenvalue weighted by Gasteiger charge is 2.32. The summed E-state index contributed by atoms with van der Waals surface area (Å²) in [7, 11) is 0. The zero-order valence-electron chi connectivity index (χ0n) is 15.2. The van der Waals surface area contributed by atoms with Gasteiger partial charge < -0.3 is 20.7 Å². The standard InChI is InChI=1S/C20H27N3O3/c1-20(26,15-8-3-2-4-9-15)13-22-18(24)12-21-19(25)17-11-14-7-5-6-10-16(14)23-17/h5-7,10-11,15,23,26H,2-4,8-9,12-13H2,1H3,(H,21,25)(H,22,24). The van der Waals surface area contributed by atoms with Crippen LogP contribution in [0.4, 0.5) is 0 Å². The van der Waals surface area contributed by atoms with E-state index in [9.17, 15) is 14.7 Å². The minimum Gasteiger partial charge on any atom is -0.388 e. The van der Waals surface area contributed by atoms with E-state index in [1.165, 1.54) is 6.42 Å². The monoisotopic (exact) mass is 357 g/mol. The van der Waals surface area contributed by atoms with Crippen molar-refractivity contribution in [1.29, 1.82) is 0 Å². The number of aromatic nitrogens is 1. The maximum absolute atomic E-state index is 12.2. The van der Waals surface area contributed by atoms with Crippen LogP contribution in [0.15, 0.2) is 30.3 Å². The number of hydrogen-bond donors (Lipinski definition) is 4. The van der Waals surface area contributed by atoms with Crippen molar-refractivity contribution >= 4 is 22.7 Å². The first-order chi connectivity index (χ1) is 12.5. The summed E-state index contributed by atoms with van der Waals surface area (Å²) in [5, 5.41) is 16.9. The van der Waals surface area contributed by atoms with Crippen molar-refractivity contribution in [2.45, 2.75) is 44.6 Å². The molecule has 0 radical (unpaired) electrons. The molecule has 1 unspecified atom stereocenters. The number of fused-ring (bicyclic) bond motifs is 1. The predicted molar refractivity (Wildman–Crippen MR) is 101 cm³/mol. The zero-order valence-corrected chi connectivity index (χ0v) is 15.2. The Morgan fingerprint density at radius 2 is 1.92 bits per heavy atom. The lowest BCUT2D eigenvalue weighted by atomic mass is 9.78. The van der Waals surface area contributed by atoms with Gasteiger partial charge in [0, 0.05) is 17.4 Å². The molecular weight excluding hydrogens is 330 g/mol. The van der Waals surface area contributed by atoms with Gasteiger partial charge in [0.1, 0.15) is 5.69 Å². The Labute approximate surface area is 153 Å². The summed E-state index contributed by atoms with van der Waals surface area (Å²) >= 11 is 0. The minimum absolute atomic E-state index is 0.116. The molecule has 2 amide bonds. The molecule has 6 heteroatoms. The highest BCUT2D eigenvalue weighted by molar-refractivity contribution is 5.99. The Morgan fingerprint density at radius 1 is 1.19 bits per heavy atom. The molecule has 1 aromatic heterocycles. The van der Waals surface area contributed by atoms with Gasteiger partial charge in [-0.15, -0.1) is 0 Å². The summed E-state index contributed by atoms with van der Waals surface area (Å²) in [6.45, 7) is 1.88. The smallest absolute Gasteiger partial charge is 0.268 e. The van der Waals surface area contributed by atoms with E-state index >= 15 is 0 Å². The molecule has 140 valence electrons. The number of aliphatic hydroxyl groups is 1. The SMILES string of the molecule is CC(O)(CNC(=O)CNC(=O)c1cc2ccccc2[nH]1)C1CCCCC1. The predicted octanol–water partition coefficient (Wildman–Crippen LogP) is 2.35. The Hall–Kier alpha value is -2.34. The van der Waals surface area contributed by atoms with Gasteiger partial charge in [-0.25, -0.2) is 0 Å². The summed E-state index contributed by atoms with van der Waals surface area (Å²) in [6.07, 6.45) is 5.49. The second-order valence-electron chi connectivity index (χ2n) is 7.42. The van der Waals surface area contributed by atoms with E-state index < -0.39 is 5.60 Å². The number of nitrogens with one attached hydrogen (secondary N) is 3. The van der Waals surface area contributed by atoms with Gasteiger partial charge in [-0.3, -0.25) is 9.59 Å². The molecule has 1 heterocycles. The molecule has 1 saturated carbocycles. The molecule has 1 aliphatic carbocycles. The largest absolute Gasteiger partial charge is 0.388 e. The zero-order chi connectivity index (χ0) is 18.6. The molecule has 2 aromatic rings.